The Bertz CT molecular complexity index is 1110. The van der Waals surface area contributed by atoms with Crippen molar-refractivity contribution in [2.45, 2.75) is 37.6 Å². The minimum absolute atomic E-state index is 0.00865. The maximum Gasteiger partial charge on any atom is 0.407 e. The summed E-state index contributed by atoms with van der Waals surface area (Å²) < 4.78 is 5.65. The van der Waals surface area contributed by atoms with Crippen LogP contribution in [0.2, 0.25) is 0 Å². The number of nitrogens with zero attached hydrogens (tertiary/aromatic N) is 1. The summed E-state index contributed by atoms with van der Waals surface area (Å²) in [5.41, 5.74) is 4.67. The van der Waals surface area contributed by atoms with Gasteiger partial charge in [-0.05, 0) is 47.9 Å². The Morgan fingerprint density at radius 2 is 1.69 bits per heavy atom. The zero-order chi connectivity index (χ0) is 24.4. The molecule has 0 spiro atoms. The standard InChI is InChI=1S/C28H30N2O5/c31-26(30-14-6-8-19(16-30)27(32)33)18-7-5-9-20(15-18)29-28(34)35-17-25-23-12-3-1-10-21(23)22-11-2-4-13-24(22)25/h1-5,9-13,18-20,25H,6-8,14-17H2,(H,29,34)(H,32,33)/t18?,19-,20?/m0/s1. The van der Waals surface area contributed by atoms with Crippen LogP contribution < -0.4 is 5.32 Å². The van der Waals surface area contributed by atoms with E-state index in [4.69, 9.17) is 4.74 Å². The van der Waals surface area contributed by atoms with Gasteiger partial charge in [-0.3, -0.25) is 9.59 Å². The van der Waals surface area contributed by atoms with Gasteiger partial charge in [0.1, 0.15) is 6.61 Å². The molecule has 2 unspecified atom stereocenters. The highest BCUT2D eigenvalue weighted by Crippen LogP contribution is 2.44. The fourth-order valence-electron chi connectivity index (χ4n) is 5.63. The van der Waals surface area contributed by atoms with Crippen LogP contribution in [0.1, 0.15) is 42.7 Å². The van der Waals surface area contributed by atoms with Crippen LogP contribution in [0.3, 0.4) is 0 Å². The molecule has 3 aliphatic rings. The summed E-state index contributed by atoms with van der Waals surface area (Å²) in [5, 5.41) is 12.2. The van der Waals surface area contributed by atoms with E-state index in [2.05, 4.69) is 29.6 Å². The molecule has 2 aromatic rings. The van der Waals surface area contributed by atoms with Crippen LogP contribution >= 0.6 is 0 Å². The third-order valence-electron chi connectivity index (χ3n) is 7.41. The number of alkyl carbamates (subject to hydrolysis) is 1. The average molecular weight is 475 g/mol. The lowest BCUT2D eigenvalue weighted by Crippen LogP contribution is -2.47. The first kappa shape index (κ1) is 23.1. The third-order valence-corrected chi connectivity index (χ3v) is 7.41. The van der Waals surface area contributed by atoms with Gasteiger partial charge in [0.05, 0.1) is 12.0 Å². The van der Waals surface area contributed by atoms with Gasteiger partial charge in [-0.15, -0.1) is 0 Å². The maximum absolute atomic E-state index is 13.0. The lowest BCUT2D eigenvalue weighted by Gasteiger charge is -2.35. The van der Waals surface area contributed by atoms with Crippen LogP contribution in [0.5, 0.6) is 0 Å². The minimum atomic E-state index is -0.846. The number of amides is 2. The number of piperidine rings is 1. The Labute approximate surface area is 204 Å². The number of carbonyl (C=O) groups excluding carboxylic acids is 2. The fourth-order valence-corrected chi connectivity index (χ4v) is 5.63. The van der Waals surface area contributed by atoms with Crippen molar-refractivity contribution in [3.63, 3.8) is 0 Å². The molecule has 1 fully saturated rings. The van der Waals surface area contributed by atoms with Crippen LogP contribution in [-0.4, -0.2) is 53.7 Å². The summed E-state index contributed by atoms with van der Waals surface area (Å²) in [6.07, 6.45) is 5.70. The van der Waals surface area contributed by atoms with Gasteiger partial charge in [0.2, 0.25) is 5.91 Å². The molecule has 2 aliphatic carbocycles. The molecule has 2 amide bonds. The van der Waals surface area contributed by atoms with Crippen molar-refractivity contribution >= 4 is 18.0 Å². The van der Waals surface area contributed by atoms with E-state index in [9.17, 15) is 19.5 Å². The molecule has 35 heavy (non-hydrogen) atoms. The second-order valence-electron chi connectivity index (χ2n) is 9.63. The van der Waals surface area contributed by atoms with Gasteiger partial charge in [0, 0.05) is 24.9 Å². The molecule has 0 saturated carbocycles. The first-order chi connectivity index (χ1) is 17.0. The fraction of sp³-hybridized carbons (Fsp3) is 0.393. The highest BCUT2D eigenvalue weighted by molar-refractivity contribution is 5.81. The minimum Gasteiger partial charge on any atom is -0.481 e. The lowest BCUT2D eigenvalue weighted by molar-refractivity contribution is -0.147. The maximum atomic E-state index is 13.0. The molecule has 0 aromatic heterocycles. The molecule has 1 aliphatic heterocycles. The number of carboxylic acids is 1. The first-order valence-electron chi connectivity index (χ1n) is 12.3. The van der Waals surface area contributed by atoms with E-state index in [-0.39, 0.29) is 36.9 Å². The summed E-state index contributed by atoms with van der Waals surface area (Å²) in [6, 6.07) is 16.1. The largest absolute Gasteiger partial charge is 0.481 e. The second kappa shape index (κ2) is 9.94. The topological polar surface area (TPSA) is 95.9 Å². The van der Waals surface area contributed by atoms with Crippen LogP contribution in [0.25, 0.3) is 11.1 Å². The smallest absolute Gasteiger partial charge is 0.407 e. The number of carboxylic acid groups (broad SMARTS) is 1. The number of likely N-dealkylation sites (tertiary alicyclic amines) is 1. The molecular formula is C28H30N2O5. The van der Waals surface area contributed by atoms with Crippen LogP contribution in [0.15, 0.2) is 60.7 Å². The van der Waals surface area contributed by atoms with Crippen LogP contribution in [-0.2, 0) is 14.3 Å². The van der Waals surface area contributed by atoms with Crippen LogP contribution in [0, 0.1) is 11.8 Å². The second-order valence-corrected chi connectivity index (χ2v) is 9.63. The number of fused-ring (bicyclic) bond motifs is 3. The number of aliphatic carboxylic acids is 1. The Morgan fingerprint density at radius 1 is 1.00 bits per heavy atom. The molecule has 7 nitrogen and oxygen atoms in total. The summed E-state index contributed by atoms with van der Waals surface area (Å²) >= 11 is 0. The van der Waals surface area contributed by atoms with E-state index in [0.29, 0.717) is 32.2 Å². The van der Waals surface area contributed by atoms with Crippen molar-refractivity contribution in [3.05, 3.63) is 71.8 Å². The van der Waals surface area contributed by atoms with E-state index in [1.54, 1.807) is 4.90 Å². The Kier molecular flexibility index (Phi) is 6.57. The van der Waals surface area contributed by atoms with Gasteiger partial charge in [0.25, 0.3) is 0 Å². The number of benzene rings is 2. The highest BCUT2D eigenvalue weighted by atomic mass is 16.5. The number of allylic oxidation sites excluding steroid dienone is 1. The summed E-state index contributed by atoms with van der Waals surface area (Å²) in [7, 11) is 0. The summed E-state index contributed by atoms with van der Waals surface area (Å²) in [4.78, 5) is 38.7. The number of hydrogen-bond donors (Lipinski definition) is 2. The zero-order valence-corrected chi connectivity index (χ0v) is 19.6. The van der Waals surface area contributed by atoms with Gasteiger partial charge >= 0.3 is 12.1 Å². The number of carbonyl (C=O) groups is 3. The van der Waals surface area contributed by atoms with Gasteiger partial charge in [-0.25, -0.2) is 4.79 Å². The Balaban J connectivity index is 1.17. The van der Waals surface area contributed by atoms with Crippen LogP contribution in [0.4, 0.5) is 4.79 Å². The molecule has 2 N–H and O–H groups in total. The molecule has 182 valence electrons. The predicted octanol–water partition coefficient (Wildman–Crippen LogP) is 4.18. The van der Waals surface area contributed by atoms with E-state index >= 15 is 0 Å². The van der Waals surface area contributed by atoms with Crippen molar-refractivity contribution in [3.8, 4) is 11.1 Å². The quantitative estimate of drug-likeness (QED) is 0.634. The van der Waals surface area contributed by atoms with Gasteiger partial charge in [-0.2, -0.15) is 0 Å². The normalized spacial score (nSPS) is 23.3. The van der Waals surface area contributed by atoms with E-state index in [1.165, 1.54) is 11.1 Å². The first-order valence-corrected chi connectivity index (χ1v) is 12.3. The highest BCUT2D eigenvalue weighted by Gasteiger charge is 2.34. The van der Waals surface area contributed by atoms with E-state index in [1.807, 2.05) is 36.4 Å². The molecule has 0 bridgehead atoms. The Hall–Kier alpha value is -3.61. The van der Waals surface area contributed by atoms with Crippen molar-refractivity contribution in [1.82, 2.24) is 10.2 Å². The Morgan fingerprint density at radius 3 is 2.37 bits per heavy atom. The predicted molar refractivity (Wildman–Crippen MR) is 131 cm³/mol. The van der Waals surface area contributed by atoms with Gasteiger partial charge < -0.3 is 20.1 Å². The third kappa shape index (κ3) is 4.81. The monoisotopic (exact) mass is 474 g/mol. The SMILES string of the molecule is O=C(NC1C=CCC(C(=O)N2CCC[C@H](C(=O)O)C2)C1)OCC1c2ccccc2-c2ccccc21. The summed E-state index contributed by atoms with van der Waals surface area (Å²) in [6.45, 7) is 1.09. The molecule has 7 heteroatoms. The van der Waals surface area contributed by atoms with Crippen molar-refractivity contribution < 1.29 is 24.2 Å². The summed E-state index contributed by atoms with van der Waals surface area (Å²) in [5.74, 6) is -1.65. The molecule has 5 rings (SSSR count). The number of rotatable bonds is 5. The van der Waals surface area contributed by atoms with Crippen molar-refractivity contribution in [2.75, 3.05) is 19.7 Å². The number of nitrogens with one attached hydrogen (secondary N) is 1. The van der Waals surface area contributed by atoms with E-state index < -0.39 is 18.0 Å². The molecule has 1 heterocycles. The molecule has 1 saturated heterocycles. The molecule has 2 aromatic carbocycles. The molecule has 3 atom stereocenters. The number of hydrogen-bond acceptors (Lipinski definition) is 4. The van der Waals surface area contributed by atoms with Crippen molar-refractivity contribution in [1.29, 1.82) is 0 Å². The van der Waals surface area contributed by atoms with Crippen molar-refractivity contribution in [2.24, 2.45) is 11.8 Å². The molecular weight excluding hydrogens is 444 g/mol. The lowest BCUT2D eigenvalue weighted by atomic mass is 9.88. The zero-order valence-electron chi connectivity index (χ0n) is 19.6. The molecule has 0 radical (unpaired) electrons. The van der Waals surface area contributed by atoms with Gasteiger partial charge in [0.15, 0.2) is 0 Å². The number of ether oxygens (including phenoxy) is 1. The van der Waals surface area contributed by atoms with E-state index in [0.717, 1.165) is 11.1 Å². The van der Waals surface area contributed by atoms with Gasteiger partial charge in [-0.1, -0.05) is 60.7 Å². The average Bonchev–Trinajstić information content (AvgIpc) is 3.21.